The highest BCUT2D eigenvalue weighted by Gasteiger charge is 2.42. The van der Waals surface area contributed by atoms with Gasteiger partial charge in [0.1, 0.15) is 17.1 Å². The fraction of sp³-hybridized carbons (Fsp3) is 0.292. The molecule has 1 aromatic heterocycles. The van der Waals surface area contributed by atoms with Crippen molar-refractivity contribution < 1.29 is 17.6 Å². The molecule has 11 heteroatoms. The Kier molecular flexibility index (Phi) is 7.02. The van der Waals surface area contributed by atoms with E-state index in [9.17, 15) is 22.8 Å². The number of aryl methyl sites for hydroxylation is 1. The van der Waals surface area contributed by atoms with Gasteiger partial charge in [0.05, 0.1) is 18.0 Å². The molecule has 1 aliphatic heterocycles. The Hall–Kier alpha value is -3.15. The van der Waals surface area contributed by atoms with Crippen LogP contribution in [-0.4, -0.2) is 30.1 Å². The summed E-state index contributed by atoms with van der Waals surface area (Å²) < 4.78 is 31.4. The van der Waals surface area contributed by atoms with Crippen LogP contribution >= 0.6 is 11.8 Å². The maximum absolute atomic E-state index is 13.1. The lowest BCUT2D eigenvalue weighted by Crippen LogP contribution is -2.40. The first-order valence-corrected chi connectivity index (χ1v) is 13.4. The van der Waals surface area contributed by atoms with E-state index in [4.69, 9.17) is 4.42 Å². The molecule has 0 radical (unpaired) electrons. The topological polar surface area (TPSA) is 126 Å². The predicted octanol–water partition coefficient (Wildman–Crippen LogP) is 3.10. The van der Waals surface area contributed by atoms with Crippen molar-refractivity contribution in [2.24, 2.45) is 0 Å². The van der Waals surface area contributed by atoms with Gasteiger partial charge in [-0.15, -0.1) is 11.8 Å². The molecular formula is C24H25N3O6S2. The van der Waals surface area contributed by atoms with Crippen LogP contribution in [0.4, 0.5) is 11.4 Å². The quantitative estimate of drug-likeness (QED) is 0.392. The van der Waals surface area contributed by atoms with Crippen LogP contribution in [0.3, 0.4) is 0 Å². The number of hydrogen-bond acceptors (Lipinski definition) is 9. The van der Waals surface area contributed by atoms with Crippen molar-refractivity contribution >= 4 is 38.9 Å². The van der Waals surface area contributed by atoms with Gasteiger partial charge in [0.15, 0.2) is 4.58 Å². The minimum atomic E-state index is -3.98. The first-order valence-electron chi connectivity index (χ1n) is 10.9. The second kappa shape index (κ2) is 9.84. The first-order chi connectivity index (χ1) is 16.6. The molecule has 1 aliphatic rings. The zero-order valence-corrected chi connectivity index (χ0v) is 21.0. The minimum absolute atomic E-state index is 0.0436. The molecule has 9 nitrogen and oxygen atoms in total. The number of nitrogens with zero attached hydrogens (tertiary/aromatic N) is 1. The lowest BCUT2D eigenvalue weighted by atomic mass is 10.1. The van der Waals surface area contributed by atoms with Gasteiger partial charge in [-0.1, -0.05) is 37.3 Å². The van der Waals surface area contributed by atoms with Crippen LogP contribution in [0, 0.1) is 6.92 Å². The standard InChI is InChI=1S/C24H25N3O6S2/c1-4-16(18-10-14(2)12-33-18)25-19-20(23(30)22(19)29)26-17-13-34-24(21(17)28)35(31,32)27(3)11-15-8-6-5-7-9-15/h5-10,12-13,16,24-26H,4,11H2,1-3H3/t16-,24?/m1/s1. The van der Waals surface area contributed by atoms with Crippen LogP contribution in [0.15, 0.2) is 67.8 Å². The van der Waals surface area contributed by atoms with Crippen LogP contribution in [0.5, 0.6) is 0 Å². The lowest BCUT2D eigenvalue weighted by molar-refractivity contribution is -0.113. The third-order valence-electron chi connectivity index (χ3n) is 5.73. The van der Waals surface area contributed by atoms with Crippen molar-refractivity contribution in [1.82, 2.24) is 4.31 Å². The number of ketones is 1. The molecule has 0 bridgehead atoms. The molecule has 1 unspecified atom stereocenters. The van der Waals surface area contributed by atoms with E-state index in [1.54, 1.807) is 30.5 Å². The van der Waals surface area contributed by atoms with E-state index >= 15 is 0 Å². The van der Waals surface area contributed by atoms with Crippen molar-refractivity contribution in [1.29, 1.82) is 0 Å². The third kappa shape index (κ3) is 4.84. The highest BCUT2D eigenvalue weighted by molar-refractivity contribution is 8.16. The van der Waals surface area contributed by atoms with Crippen LogP contribution in [0.1, 0.15) is 36.3 Å². The molecule has 0 aliphatic carbocycles. The van der Waals surface area contributed by atoms with Crippen LogP contribution < -0.4 is 21.5 Å². The van der Waals surface area contributed by atoms with Gasteiger partial charge in [-0.2, -0.15) is 4.31 Å². The fourth-order valence-electron chi connectivity index (χ4n) is 3.74. The monoisotopic (exact) mass is 515 g/mol. The number of anilines is 2. The Balaban J connectivity index is 1.48. The van der Waals surface area contributed by atoms with Gasteiger partial charge >= 0.3 is 0 Å². The Morgan fingerprint density at radius 3 is 2.43 bits per heavy atom. The van der Waals surface area contributed by atoms with E-state index in [-0.39, 0.29) is 29.7 Å². The molecular weight excluding hydrogens is 490 g/mol. The smallest absolute Gasteiger partial charge is 0.253 e. The van der Waals surface area contributed by atoms with E-state index < -0.39 is 31.2 Å². The minimum Gasteiger partial charge on any atom is -0.467 e. The molecule has 2 heterocycles. The Labute approximate surface area is 207 Å². The second-order valence-electron chi connectivity index (χ2n) is 8.32. The molecule has 184 valence electrons. The molecule has 3 aromatic rings. The summed E-state index contributed by atoms with van der Waals surface area (Å²) in [6, 6.07) is 10.5. The fourth-order valence-corrected chi connectivity index (χ4v) is 6.64. The number of benzene rings is 1. The molecule has 0 amide bonds. The highest BCUT2D eigenvalue weighted by Crippen LogP contribution is 2.34. The number of rotatable bonds is 10. The maximum Gasteiger partial charge on any atom is 0.253 e. The zero-order chi connectivity index (χ0) is 25.3. The number of nitrogens with one attached hydrogen (secondary N) is 2. The first kappa shape index (κ1) is 25.0. The largest absolute Gasteiger partial charge is 0.467 e. The van der Waals surface area contributed by atoms with Gasteiger partial charge in [0.25, 0.3) is 10.9 Å². The van der Waals surface area contributed by atoms with Crippen molar-refractivity contribution in [3.63, 3.8) is 0 Å². The molecule has 2 N–H and O–H groups in total. The number of furan rings is 1. The number of hydrogen-bond donors (Lipinski definition) is 2. The van der Waals surface area contributed by atoms with Crippen molar-refractivity contribution in [2.75, 3.05) is 17.7 Å². The van der Waals surface area contributed by atoms with Crippen LogP contribution in [0.2, 0.25) is 0 Å². The predicted molar refractivity (Wildman–Crippen MR) is 136 cm³/mol. The summed E-state index contributed by atoms with van der Waals surface area (Å²) in [5.74, 6) is -0.0639. The highest BCUT2D eigenvalue weighted by atomic mass is 32.3. The Morgan fingerprint density at radius 1 is 1.11 bits per heavy atom. The van der Waals surface area contributed by atoms with Gasteiger partial charge < -0.3 is 15.1 Å². The number of carbonyl (C=O) groups is 1. The summed E-state index contributed by atoms with van der Waals surface area (Å²) in [7, 11) is -2.56. The Morgan fingerprint density at radius 2 is 1.80 bits per heavy atom. The number of sulfonamides is 1. The van der Waals surface area contributed by atoms with E-state index in [1.165, 1.54) is 12.5 Å². The van der Waals surface area contributed by atoms with E-state index in [0.29, 0.717) is 12.2 Å². The summed E-state index contributed by atoms with van der Waals surface area (Å²) in [6.07, 6.45) is 2.17. The molecule has 0 spiro atoms. The molecule has 0 saturated carbocycles. The number of Topliss-reactive ketones (excluding diaryl/α,β-unsaturated/α-hetero) is 1. The van der Waals surface area contributed by atoms with Gasteiger partial charge in [0.2, 0.25) is 15.8 Å². The summed E-state index contributed by atoms with van der Waals surface area (Å²) in [6.45, 7) is 3.89. The molecule has 4 rings (SSSR count). The van der Waals surface area contributed by atoms with Gasteiger partial charge in [-0.25, -0.2) is 8.42 Å². The molecule has 0 saturated heterocycles. The Bertz CT molecular complexity index is 1450. The van der Waals surface area contributed by atoms with Crippen molar-refractivity contribution in [3.05, 3.63) is 91.1 Å². The summed E-state index contributed by atoms with van der Waals surface area (Å²) in [5.41, 5.74) is 0.163. The summed E-state index contributed by atoms with van der Waals surface area (Å²) in [5, 5.41) is 7.09. The summed E-state index contributed by atoms with van der Waals surface area (Å²) in [4.78, 5) is 37.5. The molecule has 35 heavy (non-hydrogen) atoms. The van der Waals surface area contributed by atoms with E-state index in [1.807, 2.05) is 26.0 Å². The molecule has 2 aromatic carbocycles. The lowest BCUT2D eigenvalue weighted by Gasteiger charge is -2.21. The SMILES string of the molecule is CC[C@@H](Nc1c(NC2=CSC(S(=O)(=O)N(C)Cc3ccccc3)C2=O)c(=O)c1=O)c1cc(C)co1. The average molecular weight is 516 g/mol. The second-order valence-corrected chi connectivity index (χ2v) is 11.7. The number of thioether (sulfide) groups is 1. The molecule has 0 fully saturated rings. The maximum atomic E-state index is 13.1. The van der Waals surface area contributed by atoms with Crippen molar-refractivity contribution in [2.45, 2.75) is 37.4 Å². The third-order valence-corrected chi connectivity index (χ3v) is 9.38. The number of carbonyl (C=O) groups excluding carboxylic acids is 1. The average Bonchev–Trinajstić information content (AvgIpc) is 3.44. The summed E-state index contributed by atoms with van der Waals surface area (Å²) >= 11 is 0.844. The van der Waals surface area contributed by atoms with E-state index in [0.717, 1.165) is 27.2 Å². The van der Waals surface area contributed by atoms with Crippen molar-refractivity contribution in [3.8, 4) is 0 Å². The molecule has 2 atom stereocenters. The van der Waals surface area contributed by atoms with Gasteiger partial charge in [0, 0.05) is 13.6 Å². The number of allylic oxidation sites excluding steroid dienone is 1. The van der Waals surface area contributed by atoms with E-state index in [2.05, 4.69) is 10.6 Å². The van der Waals surface area contributed by atoms with Gasteiger partial charge in [-0.3, -0.25) is 14.4 Å². The van der Waals surface area contributed by atoms with Crippen LogP contribution in [0.25, 0.3) is 0 Å². The normalized spacial score (nSPS) is 17.1. The zero-order valence-electron chi connectivity index (χ0n) is 19.4. The van der Waals surface area contributed by atoms with Gasteiger partial charge in [-0.05, 0) is 35.9 Å². The van der Waals surface area contributed by atoms with Crippen LogP contribution in [-0.2, 0) is 21.4 Å².